The highest BCUT2D eigenvalue weighted by Crippen LogP contribution is 2.35. The molecule has 180 valence electrons. The summed E-state index contributed by atoms with van der Waals surface area (Å²) in [6, 6.07) is 12.1. The minimum atomic E-state index is -0.649. The molecule has 6 rings (SSSR count). The normalized spacial score (nSPS) is 24.1. The molecule has 35 heavy (non-hydrogen) atoms. The van der Waals surface area contributed by atoms with Crippen LogP contribution >= 0.6 is 0 Å². The van der Waals surface area contributed by atoms with Gasteiger partial charge in [-0.05, 0) is 37.8 Å². The Hall–Kier alpha value is -3.75. The Kier molecular flexibility index (Phi) is 5.27. The van der Waals surface area contributed by atoms with Crippen LogP contribution < -0.4 is 0 Å². The van der Waals surface area contributed by atoms with E-state index < -0.39 is 5.60 Å². The highest BCUT2D eigenvalue weighted by Gasteiger charge is 2.47. The average molecular weight is 473 g/mol. The zero-order chi connectivity index (χ0) is 24.0. The highest BCUT2D eigenvalue weighted by atomic mass is 16.7. The van der Waals surface area contributed by atoms with Gasteiger partial charge in [0.2, 0.25) is 5.78 Å². The number of hydrogen-bond donors (Lipinski definition) is 0. The molecule has 0 saturated carbocycles. The molecule has 9 nitrogen and oxygen atoms in total. The zero-order valence-electron chi connectivity index (χ0n) is 19.8. The number of benzene rings is 1. The van der Waals surface area contributed by atoms with Gasteiger partial charge in [-0.3, -0.25) is 14.0 Å². The van der Waals surface area contributed by atoms with E-state index in [2.05, 4.69) is 27.3 Å². The summed E-state index contributed by atoms with van der Waals surface area (Å²) in [5.74, 6) is 0.707. The molecule has 2 atom stereocenters. The van der Waals surface area contributed by atoms with Gasteiger partial charge in [0.1, 0.15) is 11.4 Å². The number of carbonyl (C=O) groups is 2. The summed E-state index contributed by atoms with van der Waals surface area (Å²) in [7, 11) is 0. The molecule has 0 aliphatic carbocycles. The molecule has 0 radical (unpaired) electrons. The number of oxime groups is 1. The summed E-state index contributed by atoms with van der Waals surface area (Å²) < 4.78 is 1.73. The number of nitrogens with zero attached hydrogens (tertiary/aromatic N) is 6. The Morgan fingerprint density at radius 1 is 1.09 bits per heavy atom. The fourth-order valence-corrected chi connectivity index (χ4v) is 5.66. The fourth-order valence-electron chi connectivity index (χ4n) is 5.66. The zero-order valence-corrected chi connectivity index (χ0v) is 19.8. The standard InChI is InChI=1S/C26H28N6O3/c1-18-22(32-13-6-11-27-25(32)28-18)24(34)31-12-5-10-26(17-31)15-21(29-35-26)23(33)30-14-9-20(16-30)19-7-3-2-4-8-19/h2-4,6-8,11,13,20H,5,9-10,12,14-17H2,1H3. The molecule has 0 N–H and O–H groups in total. The van der Waals surface area contributed by atoms with E-state index in [1.807, 2.05) is 30.0 Å². The van der Waals surface area contributed by atoms with E-state index in [9.17, 15) is 9.59 Å². The van der Waals surface area contributed by atoms with E-state index in [0.29, 0.717) is 54.9 Å². The van der Waals surface area contributed by atoms with Crippen LogP contribution in [0.1, 0.15) is 53.3 Å². The maximum atomic E-state index is 13.5. The lowest BCUT2D eigenvalue weighted by Gasteiger charge is -2.38. The van der Waals surface area contributed by atoms with E-state index >= 15 is 0 Å². The first-order valence-electron chi connectivity index (χ1n) is 12.2. The summed E-state index contributed by atoms with van der Waals surface area (Å²) in [5.41, 5.74) is 2.25. The number of aryl methyl sites for hydroxylation is 1. The molecule has 2 aromatic heterocycles. The topological polar surface area (TPSA) is 92.4 Å². The van der Waals surface area contributed by atoms with Gasteiger partial charge in [0.15, 0.2) is 5.60 Å². The Morgan fingerprint density at radius 3 is 2.80 bits per heavy atom. The quantitative estimate of drug-likeness (QED) is 0.585. The van der Waals surface area contributed by atoms with Crippen molar-refractivity contribution in [3.63, 3.8) is 0 Å². The molecule has 5 heterocycles. The van der Waals surface area contributed by atoms with Gasteiger partial charge in [0.05, 0.1) is 12.2 Å². The van der Waals surface area contributed by atoms with Crippen LogP contribution in [0.2, 0.25) is 0 Å². The van der Waals surface area contributed by atoms with Gasteiger partial charge in [0, 0.05) is 44.4 Å². The minimum absolute atomic E-state index is 0.0486. The summed E-state index contributed by atoms with van der Waals surface area (Å²) >= 11 is 0. The van der Waals surface area contributed by atoms with Crippen LogP contribution in [0.15, 0.2) is 53.9 Å². The largest absolute Gasteiger partial charge is 0.386 e. The number of amides is 2. The summed E-state index contributed by atoms with van der Waals surface area (Å²) in [6.07, 6.45) is 6.39. The first kappa shape index (κ1) is 21.8. The molecule has 2 saturated heterocycles. The number of piperidine rings is 1. The van der Waals surface area contributed by atoms with Gasteiger partial charge in [-0.2, -0.15) is 0 Å². The molecule has 3 aromatic rings. The summed E-state index contributed by atoms with van der Waals surface area (Å²) in [4.78, 5) is 45.0. The number of aromatic nitrogens is 3. The van der Waals surface area contributed by atoms with Crippen molar-refractivity contribution in [2.24, 2.45) is 5.16 Å². The number of carbonyl (C=O) groups excluding carboxylic acids is 2. The lowest BCUT2D eigenvalue weighted by atomic mass is 9.87. The predicted molar refractivity (Wildman–Crippen MR) is 129 cm³/mol. The van der Waals surface area contributed by atoms with Crippen LogP contribution in [0.5, 0.6) is 0 Å². The van der Waals surface area contributed by atoms with Gasteiger partial charge in [-0.15, -0.1) is 0 Å². The fraction of sp³-hybridized carbons (Fsp3) is 0.423. The second kappa shape index (κ2) is 8.48. The second-order valence-electron chi connectivity index (χ2n) is 9.80. The van der Waals surface area contributed by atoms with Crippen molar-refractivity contribution in [2.45, 2.75) is 44.1 Å². The van der Waals surface area contributed by atoms with E-state index in [1.165, 1.54) is 5.56 Å². The van der Waals surface area contributed by atoms with Crippen LogP contribution in [0.3, 0.4) is 0 Å². The monoisotopic (exact) mass is 472 g/mol. The number of fused-ring (bicyclic) bond motifs is 1. The lowest BCUT2D eigenvalue weighted by molar-refractivity contribution is -0.123. The van der Waals surface area contributed by atoms with Crippen LogP contribution in [-0.4, -0.2) is 73.5 Å². The molecule has 0 bridgehead atoms. The van der Waals surface area contributed by atoms with E-state index in [1.54, 1.807) is 27.8 Å². The third-order valence-corrected chi connectivity index (χ3v) is 7.44. The molecule has 3 aliphatic rings. The SMILES string of the molecule is Cc1nc2ncccn2c1C(=O)N1CCCC2(CC(C(=O)N3CCC(c4ccccc4)C3)=NO2)C1. The Bertz CT molecular complexity index is 1320. The average Bonchev–Trinajstić information content (AvgIpc) is 3.61. The highest BCUT2D eigenvalue weighted by molar-refractivity contribution is 6.39. The van der Waals surface area contributed by atoms with Crippen LogP contribution in [-0.2, 0) is 9.63 Å². The summed E-state index contributed by atoms with van der Waals surface area (Å²) in [6.45, 7) is 4.26. The molecule has 2 amide bonds. The third kappa shape index (κ3) is 3.84. The molecule has 1 spiro atoms. The first-order valence-corrected chi connectivity index (χ1v) is 12.2. The predicted octanol–water partition coefficient (Wildman–Crippen LogP) is 2.80. The van der Waals surface area contributed by atoms with Crippen molar-refractivity contribution in [3.8, 4) is 0 Å². The van der Waals surface area contributed by atoms with Crippen molar-refractivity contribution >= 4 is 23.3 Å². The van der Waals surface area contributed by atoms with E-state index in [0.717, 1.165) is 25.8 Å². The van der Waals surface area contributed by atoms with E-state index in [4.69, 9.17) is 4.84 Å². The molecule has 2 fully saturated rings. The molecular weight excluding hydrogens is 444 g/mol. The minimum Gasteiger partial charge on any atom is -0.386 e. The maximum Gasteiger partial charge on any atom is 0.272 e. The van der Waals surface area contributed by atoms with Gasteiger partial charge in [-0.1, -0.05) is 35.5 Å². The van der Waals surface area contributed by atoms with Crippen LogP contribution in [0.4, 0.5) is 0 Å². The Labute approximate surface area is 203 Å². The molecule has 1 aromatic carbocycles. The number of rotatable bonds is 3. The number of likely N-dealkylation sites (tertiary alicyclic amines) is 2. The maximum absolute atomic E-state index is 13.5. The Balaban J connectivity index is 1.14. The van der Waals surface area contributed by atoms with Crippen molar-refractivity contribution in [1.82, 2.24) is 24.2 Å². The second-order valence-corrected chi connectivity index (χ2v) is 9.80. The third-order valence-electron chi connectivity index (χ3n) is 7.44. The molecule has 3 aliphatic heterocycles. The molecule has 2 unspecified atom stereocenters. The Morgan fingerprint density at radius 2 is 1.94 bits per heavy atom. The lowest BCUT2D eigenvalue weighted by Crippen LogP contribution is -2.51. The van der Waals surface area contributed by atoms with Crippen molar-refractivity contribution < 1.29 is 14.4 Å². The summed E-state index contributed by atoms with van der Waals surface area (Å²) in [5, 5.41) is 4.24. The molecule has 9 heteroatoms. The van der Waals surface area contributed by atoms with Crippen LogP contribution in [0, 0.1) is 6.92 Å². The van der Waals surface area contributed by atoms with Crippen LogP contribution in [0.25, 0.3) is 5.78 Å². The number of imidazole rings is 1. The van der Waals surface area contributed by atoms with Crippen molar-refractivity contribution in [2.75, 3.05) is 26.2 Å². The smallest absolute Gasteiger partial charge is 0.272 e. The molecular formula is C26H28N6O3. The van der Waals surface area contributed by atoms with Gasteiger partial charge >= 0.3 is 0 Å². The van der Waals surface area contributed by atoms with Gasteiger partial charge in [0.25, 0.3) is 11.8 Å². The van der Waals surface area contributed by atoms with E-state index in [-0.39, 0.29) is 11.8 Å². The van der Waals surface area contributed by atoms with Crippen molar-refractivity contribution in [1.29, 1.82) is 0 Å². The number of hydrogen-bond acceptors (Lipinski definition) is 6. The van der Waals surface area contributed by atoms with Gasteiger partial charge < -0.3 is 14.6 Å². The first-order chi connectivity index (χ1) is 17.0. The van der Waals surface area contributed by atoms with Crippen molar-refractivity contribution in [3.05, 3.63) is 65.7 Å². The van der Waals surface area contributed by atoms with Gasteiger partial charge in [-0.25, -0.2) is 9.97 Å².